The quantitative estimate of drug-likeness (QED) is 0.161. The van der Waals surface area contributed by atoms with Crippen LogP contribution in [0.3, 0.4) is 0 Å². The fourth-order valence-corrected chi connectivity index (χ4v) is 8.07. The van der Waals surface area contributed by atoms with Crippen LogP contribution in [-0.2, 0) is 32.6 Å². The van der Waals surface area contributed by atoms with Gasteiger partial charge in [-0.2, -0.15) is 0 Å². The lowest BCUT2D eigenvalue weighted by atomic mass is 10.0. The Labute approximate surface area is 296 Å². The van der Waals surface area contributed by atoms with E-state index in [0.29, 0.717) is 11.4 Å². The Morgan fingerprint density at radius 1 is 0.780 bits per heavy atom. The Bertz CT molecular complexity index is 1890. The number of nitrogens with one attached hydrogen (secondary N) is 1. The first-order valence-electron chi connectivity index (χ1n) is 17.0. The summed E-state index contributed by atoms with van der Waals surface area (Å²) in [6.45, 7) is 5.32. The highest BCUT2D eigenvalue weighted by molar-refractivity contribution is 7.92. The number of ether oxygens (including phenoxy) is 2. The number of hydrogen-bond donors (Lipinski definition) is 1. The maximum atomic E-state index is 14.9. The van der Waals surface area contributed by atoms with Crippen molar-refractivity contribution < 1.29 is 27.5 Å². The predicted molar refractivity (Wildman–Crippen MR) is 196 cm³/mol. The first-order valence-corrected chi connectivity index (χ1v) is 18.4. The summed E-state index contributed by atoms with van der Waals surface area (Å²) in [6.07, 6.45) is 4.13. The number of carbonyl (C=O) groups is 2. The smallest absolute Gasteiger partial charge is 0.264 e. The number of sulfonamides is 1. The van der Waals surface area contributed by atoms with Crippen LogP contribution in [0.2, 0.25) is 0 Å². The average molecular weight is 698 g/mol. The van der Waals surface area contributed by atoms with Crippen molar-refractivity contribution in [2.24, 2.45) is 0 Å². The molecule has 0 heterocycles. The second-order valence-corrected chi connectivity index (χ2v) is 14.9. The Morgan fingerprint density at radius 2 is 1.44 bits per heavy atom. The van der Waals surface area contributed by atoms with E-state index in [1.165, 1.54) is 32.4 Å². The van der Waals surface area contributed by atoms with Gasteiger partial charge in [0, 0.05) is 25.1 Å². The number of benzene rings is 4. The van der Waals surface area contributed by atoms with Gasteiger partial charge in [-0.3, -0.25) is 13.9 Å². The van der Waals surface area contributed by atoms with Crippen molar-refractivity contribution in [3.05, 3.63) is 119 Å². The van der Waals surface area contributed by atoms with Crippen LogP contribution < -0.4 is 19.1 Å². The van der Waals surface area contributed by atoms with Crippen molar-refractivity contribution in [3.8, 4) is 11.5 Å². The van der Waals surface area contributed by atoms with Gasteiger partial charge in [0.05, 0.1) is 24.8 Å². The standard InChI is InChI=1S/C40H47N3O6S/c1-28-12-11-15-32(21-28)26-42(36(24-31-13-7-6-8-14-31)40(45)41-33-16-9-10-17-33)39(44)27-43(34-22-29(2)20-30(3)23-34)50(46,47)35-18-19-37(48-4)38(25-35)49-5/h6-8,11-15,18-23,25,33,36H,9-10,16-17,24,26-27H2,1-5H3,(H,41,45)/t36-/m1/s1. The number of aryl methyl sites for hydroxylation is 3. The largest absolute Gasteiger partial charge is 0.493 e. The van der Waals surface area contributed by atoms with Gasteiger partial charge in [-0.25, -0.2) is 8.42 Å². The molecule has 50 heavy (non-hydrogen) atoms. The summed E-state index contributed by atoms with van der Waals surface area (Å²) in [5.74, 6) is -0.130. The molecule has 9 nitrogen and oxygen atoms in total. The minimum Gasteiger partial charge on any atom is -0.493 e. The summed E-state index contributed by atoms with van der Waals surface area (Å²) in [4.78, 5) is 30.6. The number of anilines is 1. The maximum Gasteiger partial charge on any atom is 0.264 e. The molecule has 1 aliphatic rings. The molecule has 0 saturated heterocycles. The first kappa shape index (κ1) is 36.5. The molecule has 0 aliphatic heterocycles. The molecule has 1 N–H and O–H groups in total. The zero-order valence-corrected chi connectivity index (χ0v) is 30.3. The highest BCUT2D eigenvalue weighted by atomic mass is 32.2. The number of rotatable bonds is 14. The third kappa shape index (κ3) is 8.84. The van der Waals surface area contributed by atoms with Gasteiger partial charge in [-0.15, -0.1) is 0 Å². The summed E-state index contributed by atoms with van der Waals surface area (Å²) in [7, 11) is -1.41. The van der Waals surface area contributed by atoms with Crippen molar-refractivity contribution >= 4 is 27.5 Å². The normalized spacial score (nSPS) is 13.8. The van der Waals surface area contributed by atoms with E-state index >= 15 is 0 Å². The molecular formula is C40H47N3O6S. The van der Waals surface area contributed by atoms with Gasteiger partial charge < -0.3 is 19.7 Å². The molecule has 1 fully saturated rings. The van der Waals surface area contributed by atoms with E-state index < -0.39 is 28.5 Å². The molecule has 1 atom stereocenters. The van der Waals surface area contributed by atoms with E-state index in [0.717, 1.165) is 57.8 Å². The van der Waals surface area contributed by atoms with Crippen LogP contribution in [0.5, 0.6) is 11.5 Å². The fourth-order valence-electron chi connectivity index (χ4n) is 6.66. The summed E-state index contributed by atoms with van der Waals surface area (Å²) in [5, 5.41) is 3.22. The number of nitrogens with zero attached hydrogens (tertiary/aromatic N) is 2. The molecule has 1 aliphatic carbocycles. The number of amides is 2. The molecule has 2 amide bonds. The van der Waals surface area contributed by atoms with Gasteiger partial charge in [0.15, 0.2) is 11.5 Å². The molecule has 264 valence electrons. The summed E-state index contributed by atoms with van der Waals surface area (Å²) < 4.78 is 41.1. The molecule has 5 rings (SSSR count). The van der Waals surface area contributed by atoms with E-state index in [2.05, 4.69) is 5.32 Å². The molecular weight excluding hydrogens is 651 g/mol. The van der Waals surface area contributed by atoms with Crippen LogP contribution in [0.15, 0.2) is 95.9 Å². The lowest BCUT2D eigenvalue weighted by Gasteiger charge is -2.34. The van der Waals surface area contributed by atoms with E-state index in [1.807, 2.05) is 81.4 Å². The second kappa shape index (κ2) is 16.3. The van der Waals surface area contributed by atoms with Gasteiger partial charge >= 0.3 is 0 Å². The van der Waals surface area contributed by atoms with Gasteiger partial charge in [0.2, 0.25) is 11.8 Å². The van der Waals surface area contributed by atoms with E-state index in [1.54, 1.807) is 17.0 Å². The summed E-state index contributed by atoms with van der Waals surface area (Å²) in [6, 6.07) is 26.3. The van der Waals surface area contributed by atoms with Gasteiger partial charge in [-0.05, 0) is 80.1 Å². The topological polar surface area (TPSA) is 105 Å². The average Bonchev–Trinajstić information content (AvgIpc) is 3.61. The van der Waals surface area contributed by atoms with Crippen LogP contribution in [0.25, 0.3) is 0 Å². The highest BCUT2D eigenvalue weighted by Gasteiger charge is 2.36. The molecule has 1 saturated carbocycles. The van der Waals surface area contributed by atoms with Gasteiger partial charge in [0.1, 0.15) is 12.6 Å². The zero-order valence-electron chi connectivity index (χ0n) is 29.5. The van der Waals surface area contributed by atoms with E-state index in [4.69, 9.17) is 9.47 Å². The molecule has 4 aromatic rings. The predicted octanol–water partition coefficient (Wildman–Crippen LogP) is 6.52. The first-order chi connectivity index (χ1) is 24.0. The third-order valence-corrected chi connectivity index (χ3v) is 10.9. The van der Waals surface area contributed by atoms with Crippen molar-refractivity contribution in [1.29, 1.82) is 0 Å². The van der Waals surface area contributed by atoms with E-state index in [-0.39, 0.29) is 35.6 Å². The van der Waals surface area contributed by atoms with Crippen LogP contribution >= 0.6 is 0 Å². The number of methoxy groups -OCH3 is 2. The third-order valence-electron chi connectivity index (χ3n) is 9.12. The molecule has 0 spiro atoms. The van der Waals surface area contributed by atoms with Crippen molar-refractivity contribution in [1.82, 2.24) is 10.2 Å². The maximum absolute atomic E-state index is 14.9. The van der Waals surface area contributed by atoms with Gasteiger partial charge in [0.25, 0.3) is 10.0 Å². The van der Waals surface area contributed by atoms with E-state index in [9.17, 15) is 18.0 Å². The van der Waals surface area contributed by atoms with Crippen LogP contribution in [0.4, 0.5) is 5.69 Å². The Morgan fingerprint density at radius 3 is 2.08 bits per heavy atom. The lowest BCUT2D eigenvalue weighted by Crippen LogP contribution is -2.54. The fraction of sp³-hybridized carbons (Fsp3) is 0.350. The molecule has 0 aromatic heterocycles. The van der Waals surface area contributed by atoms with Crippen LogP contribution in [0.1, 0.15) is 53.5 Å². The zero-order chi connectivity index (χ0) is 35.8. The SMILES string of the molecule is COc1ccc(S(=O)(=O)N(CC(=O)N(Cc2cccc(C)c2)[C@H](Cc2ccccc2)C(=O)NC2CCCC2)c2cc(C)cc(C)c2)cc1OC. The number of hydrogen-bond acceptors (Lipinski definition) is 6. The Hall–Kier alpha value is -4.83. The highest BCUT2D eigenvalue weighted by Crippen LogP contribution is 2.33. The summed E-state index contributed by atoms with van der Waals surface area (Å²) in [5.41, 5.74) is 4.77. The number of carbonyl (C=O) groups excluding carboxylic acids is 2. The Balaban J connectivity index is 1.60. The second-order valence-electron chi connectivity index (χ2n) is 13.1. The molecule has 0 unspecified atom stereocenters. The van der Waals surface area contributed by atoms with Gasteiger partial charge in [-0.1, -0.05) is 79.1 Å². The molecule has 0 radical (unpaired) electrons. The Kier molecular flexibility index (Phi) is 11.8. The molecule has 10 heteroatoms. The lowest BCUT2D eigenvalue weighted by molar-refractivity contribution is -0.140. The van der Waals surface area contributed by atoms with Crippen LogP contribution in [0, 0.1) is 20.8 Å². The monoisotopic (exact) mass is 697 g/mol. The molecule has 4 aromatic carbocycles. The summed E-state index contributed by atoms with van der Waals surface area (Å²) >= 11 is 0. The van der Waals surface area contributed by atoms with Crippen LogP contribution in [-0.4, -0.2) is 58.0 Å². The van der Waals surface area contributed by atoms with Crippen molar-refractivity contribution in [2.45, 2.75) is 76.4 Å². The van der Waals surface area contributed by atoms with Crippen molar-refractivity contribution in [3.63, 3.8) is 0 Å². The molecule has 0 bridgehead atoms. The minimum atomic E-state index is -4.33. The van der Waals surface area contributed by atoms with Crippen molar-refractivity contribution in [2.75, 3.05) is 25.1 Å². The minimum absolute atomic E-state index is 0.0360.